The van der Waals surface area contributed by atoms with Gasteiger partial charge in [-0.25, -0.2) is 17.5 Å². The highest BCUT2D eigenvalue weighted by Crippen LogP contribution is 2.34. The molecular weight excluding hydrogens is 318 g/mol. The van der Waals surface area contributed by atoms with Crippen molar-refractivity contribution in [2.45, 2.75) is 18.0 Å². The number of halogens is 4. The standard InChI is InChI=1S/C11H11F4NO4S/c1-2-20-6-10(17)16-21(18,19)9-4-3-7(12)5-8(9)11(13,14)15/h3-5H,2,6H2,1H3,(H,16,17). The van der Waals surface area contributed by atoms with Gasteiger partial charge in [0.25, 0.3) is 15.9 Å². The molecule has 0 radical (unpaired) electrons. The predicted molar refractivity (Wildman–Crippen MR) is 63.2 cm³/mol. The zero-order valence-corrected chi connectivity index (χ0v) is 11.5. The summed E-state index contributed by atoms with van der Waals surface area (Å²) >= 11 is 0. The SMILES string of the molecule is CCOCC(=O)NS(=O)(=O)c1ccc(F)cc1C(F)(F)F. The molecule has 1 rings (SSSR count). The van der Waals surface area contributed by atoms with Crippen LogP contribution in [-0.4, -0.2) is 27.5 Å². The van der Waals surface area contributed by atoms with Crippen molar-refractivity contribution in [2.24, 2.45) is 0 Å². The van der Waals surface area contributed by atoms with Crippen molar-refractivity contribution in [3.8, 4) is 0 Å². The lowest BCUT2D eigenvalue weighted by Crippen LogP contribution is -2.34. The van der Waals surface area contributed by atoms with Crippen LogP contribution in [0.15, 0.2) is 23.1 Å². The van der Waals surface area contributed by atoms with Crippen molar-refractivity contribution in [2.75, 3.05) is 13.2 Å². The Morgan fingerprint density at radius 2 is 1.95 bits per heavy atom. The van der Waals surface area contributed by atoms with Gasteiger partial charge in [-0.2, -0.15) is 13.2 Å². The van der Waals surface area contributed by atoms with Crippen molar-refractivity contribution < 1.29 is 35.5 Å². The molecule has 10 heteroatoms. The molecule has 0 aliphatic rings. The Morgan fingerprint density at radius 3 is 2.48 bits per heavy atom. The van der Waals surface area contributed by atoms with Gasteiger partial charge in [-0.3, -0.25) is 4.79 Å². The molecule has 0 aliphatic carbocycles. The summed E-state index contributed by atoms with van der Waals surface area (Å²) in [6, 6.07) is 1.03. The van der Waals surface area contributed by atoms with E-state index in [1.807, 2.05) is 0 Å². The van der Waals surface area contributed by atoms with E-state index in [1.165, 1.54) is 4.72 Å². The number of alkyl halides is 3. The first-order valence-corrected chi connectivity index (χ1v) is 7.06. The monoisotopic (exact) mass is 329 g/mol. The third-order valence-electron chi connectivity index (χ3n) is 2.22. The zero-order chi connectivity index (χ0) is 16.3. The van der Waals surface area contributed by atoms with Gasteiger partial charge in [0.2, 0.25) is 0 Å². The summed E-state index contributed by atoms with van der Waals surface area (Å²) < 4.78 is 80.7. The number of hydrogen-bond acceptors (Lipinski definition) is 4. The Kier molecular flexibility index (Phi) is 5.29. The molecule has 0 bridgehead atoms. The molecule has 0 unspecified atom stereocenters. The van der Waals surface area contributed by atoms with Gasteiger partial charge in [-0.05, 0) is 25.1 Å². The van der Waals surface area contributed by atoms with E-state index in [0.29, 0.717) is 12.1 Å². The normalized spacial score (nSPS) is 12.2. The van der Waals surface area contributed by atoms with Gasteiger partial charge < -0.3 is 4.74 Å². The van der Waals surface area contributed by atoms with E-state index in [4.69, 9.17) is 0 Å². The average Bonchev–Trinajstić information content (AvgIpc) is 2.34. The van der Waals surface area contributed by atoms with E-state index in [1.54, 1.807) is 6.92 Å². The average molecular weight is 329 g/mol. The van der Waals surface area contributed by atoms with Crippen LogP contribution < -0.4 is 4.72 Å². The lowest BCUT2D eigenvalue weighted by atomic mass is 10.2. The highest BCUT2D eigenvalue weighted by atomic mass is 32.2. The van der Waals surface area contributed by atoms with Crippen LogP contribution in [0.4, 0.5) is 17.6 Å². The van der Waals surface area contributed by atoms with Gasteiger partial charge in [0, 0.05) is 6.61 Å². The second-order valence-corrected chi connectivity index (χ2v) is 5.45. The van der Waals surface area contributed by atoms with Crippen LogP contribution in [0, 0.1) is 5.82 Å². The highest BCUT2D eigenvalue weighted by Gasteiger charge is 2.38. The van der Waals surface area contributed by atoms with Gasteiger partial charge in [-0.15, -0.1) is 0 Å². The van der Waals surface area contributed by atoms with E-state index in [9.17, 15) is 30.8 Å². The Hall–Kier alpha value is -1.68. The predicted octanol–water partition coefficient (Wildman–Crippen LogP) is 1.69. The minimum absolute atomic E-state index is 0.0432. The van der Waals surface area contributed by atoms with Crippen molar-refractivity contribution in [1.29, 1.82) is 0 Å². The van der Waals surface area contributed by atoms with Crippen molar-refractivity contribution in [1.82, 2.24) is 4.72 Å². The van der Waals surface area contributed by atoms with Gasteiger partial charge in [-0.1, -0.05) is 0 Å². The first-order chi connectivity index (χ1) is 9.58. The van der Waals surface area contributed by atoms with Gasteiger partial charge in [0.1, 0.15) is 12.4 Å². The Balaban J connectivity index is 3.17. The minimum Gasteiger partial charge on any atom is -0.372 e. The molecule has 0 fully saturated rings. The molecule has 1 aromatic rings. The third kappa shape index (κ3) is 4.67. The number of nitrogens with one attached hydrogen (secondary N) is 1. The summed E-state index contributed by atoms with van der Waals surface area (Å²) in [7, 11) is -4.79. The van der Waals surface area contributed by atoms with E-state index in [-0.39, 0.29) is 12.7 Å². The second kappa shape index (κ2) is 6.39. The molecule has 1 aromatic carbocycles. The minimum atomic E-state index is -5.09. The van der Waals surface area contributed by atoms with Gasteiger partial charge >= 0.3 is 6.18 Å². The Labute approximate surface area is 118 Å². The number of carbonyl (C=O) groups excluding carboxylic acids is 1. The fourth-order valence-corrected chi connectivity index (χ4v) is 2.57. The third-order valence-corrected chi connectivity index (χ3v) is 3.65. The second-order valence-electron chi connectivity index (χ2n) is 3.80. The maximum absolute atomic E-state index is 12.9. The van der Waals surface area contributed by atoms with E-state index in [2.05, 4.69) is 4.74 Å². The summed E-state index contributed by atoms with van der Waals surface area (Å²) in [5, 5.41) is 0. The van der Waals surface area contributed by atoms with Crippen LogP contribution in [-0.2, 0) is 25.7 Å². The summed E-state index contributed by atoms with van der Waals surface area (Å²) in [5.74, 6) is -2.38. The fraction of sp³-hybridized carbons (Fsp3) is 0.364. The van der Waals surface area contributed by atoms with Gasteiger partial charge in [0.05, 0.1) is 10.5 Å². The molecule has 1 N–H and O–H groups in total. The molecule has 5 nitrogen and oxygen atoms in total. The van der Waals surface area contributed by atoms with Crippen LogP contribution in [0.1, 0.15) is 12.5 Å². The maximum atomic E-state index is 12.9. The topological polar surface area (TPSA) is 72.5 Å². The molecule has 0 saturated heterocycles. The quantitative estimate of drug-likeness (QED) is 0.835. The number of ether oxygens (including phenoxy) is 1. The van der Waals surface area contributed by atoms with E-state index < -0.39 is 45.0 Å². The van der Waals surface area contributed by atoms with Crippen molar-refractivity contribution in [3.63, 3.8) is 0 Å². The molecule has 0 heterocycles. The summed E-state index contributed by atoms with van der Waals surface area (Å²) in [6.07, 6.45) is -5.09. The molecule has 0 aromatic heterocycles. The van der Waals surface area contributed by atoms with Crippen molar-refractivity contribution >= 4 is 15.9 Å². The fourth-order valence-electron chi connectivity index (χ4n) is 1.39. The molecule has 1 amide bonds. The zero-order valence-electron chi connectivity index (χ0n) is 10.7. The number of sulfonamides is 1. The molecule has 0 spiro atoms. The van der Waals surface area contributed by atoms with Crippen molar-refractivity contribution in [3.05, 3.63) is 29.6 Å². The first kappa shape index (κ1) is 17.4. The van der Waals surface area contributed by atoms with Crippen LogP contribution in [0.3, 0.4) is 0 Å². The molecule has 0 saturated carbocycles. The van der Waals surface area contributed by atoms with Crippen LogP contribution in [0.25, 0.3) is 0 Å². The molecule has 0 aliphatic heterocycles. The number of rotatable bonds is 5. The van der Waals surface area contributed by atoms with Crippen LogP contribution >= 0.6 is 0 Å². The molecule has 118 valence electrons. The summed E-state index contributed by atoms with van der Waals surface area (Å²) in [4.78, 5) is 10.0. The Morgan fingerprint density at radius 1 is 1.33 bits per heavy atom. The van der Waals surface area contributed by atoms with E-state index >= 15 is 0 Å². The molecular formula is C11H11F4NO4S. The van der Waals surface area contributed by atoms with Gasteiger partial charge in [0.15, 0.2) is 0 Å². The summed E-state index contributed by atoms with van der Waals surface area (Å²) in [6.45, 7) is 1.04. The number of amides is 1. The Bertz CT molecular complexity index is 628. The number of carbonyl (C=O) groups is 1. The lowest BCUT2D eigenvalue weighted by molar-refractivity contribution is -0.140. The van der Waals surface area contributed by atoms with Crippen LogP contribution in [0.5, 0.6) is 0 Å². The first-order valence-electron chi connectivity index (χ1n) is 5.58. The highest BCUT2D eigenvalue weighted by molar-refractivity contribution is 7.90. The van der Waals surface area contributed by atoms with E-state index in [0.717, 1.165) is 0 Å². The summed E-state index contributed by atoms with van der Waals surface area (Å²) in [5.41, 5.74) is -1.70. The number of hydrogen-bond donors (Lipinski definition) is 1. The molecule has 0 atom stereocenters. The lowest BCUT2D eigenvalue weighted by Gasteiger charge is -2.14. The number of benzene rings is 1. The maximum Gasteiger partial charge on any atom is 0.417 e. The van der Waals surface area contributed by atoms with Crippen LogP contribution in [0.2, 0.25) is 0 Å². The smallest absolute Gasteiger partial charge is 0.372 e. The molecule has 21 heavy (non-hydrogen) atoms. The largest absolute Gasteiger partial charge is 0.417 e.